The number of carbonyl (C=O) groups excluding carboxylic acids is 7. The highest BCUT2D eigenvalue weighted by Gasteiger charge is 2.33. The molecule has 0 aliphatic heterocycles. The summed E-state index contributed by atoms with van der Waals surface area (Å²) in [6.07, 6.45) is 6.71. The Kier molecular flexibility index (Phi) is 23.9. The number of rotatable bonds is 30. The molecule has 3 rings (SSSR count). The quantitative estimate of drug-likeness (QED) is 0.0217. The lowest BCUT2D eigenvalue weighted by atomic mass is 10.0. The van der Waals surface area contributed by atoms with E-state index in [9.17, 15) is 33.6 Å². The molecule has 0 bridgehead atoms. The number of benzene rings is 2. The van der Waals surface area contributed by atoms with E-state index >= 15 is 0 Å². The van der Waals surface area contributed by atoms with E-state index in [2.05, 4.69) is 46.9 Å². The van der Waals surface area contributed by atoms with E-state index in [1.54, 1.807) is 36.5 Å². The highest BCUT2D eigenvalue weighted by Crippen LogP contribution is 2.20. The molecule has 1 heterocycles. The first kappa shape index (κ1) is 54.8. The molecular formula is C44H66N14O7S2. The Morgan fingerprint density at radius 3 is 1.48 bits per heavy atom. The predicted octanol–water partition coefficient (Wildman–Crippen LogP) is -1.02. The summed E-state index contributed by atoms with van der Waals surface area (Å²) in [5.74, 6) is -3.97. The van der Waals surface area contributed by atoms with Gasteiger partial charge in [0.1, 0.15) is 36.3 Å². The van der Waals surface area contributed by atoms with E-state index in [-0.39, 0.29) is 63.5 Å². The Morgan fingerprint density at radius 2 is 0.985 bits per heavy atom. The molecule has 0 radical (unpaired) electrons. The fraction of sp³-hybridized carbons (Fsp3) is 0.477. The third-order valence-electron chi connectivity index (χ3n) is 10.4. The highest BCUT2D eigenvalue weighted by molar-refractivity contribution is 7.98. The number of fused-ring (bicyclic) bond motifs is 1. The second-order valence-electron chi connectivity index (χ2n) is 15.7. The molecule has 0 aliphatic carbocycles. The number of nitrogens with two attached hydrogens (primary N) is 5. The molecule has 0 spiro atoms. The number of H-pyrrole nitrogens is 1. The fourth-order valence-electron chi connectivity index (χ4n) is 6.97. The SMILES string of the molecule is CSCCC(NC(=O)C(Cc1c[nH]c2ccccc12)NC(=O)C(CCSC)NC(=O)C(Cc1ccccc1)NC(=O)C(CCCN=C(N)N)NC(C)=O)C(=O)NC(CCCN=C(N)N)C(N)=O. The smallest absolute Gasteiger partial charge is 0.243 e. The minimum Gasteiger partial charge on any atom is -0.370 e. The summed E-state index contributed by atoms with van der Waals surface area (Å²) in [6.45, 7) is 1.67. The second kappa shape index (κ2) is 29.2. The lowest BCUT2D eigenvalue weighted by molar-refractivity contribution is -0.135. The summed E-state index contributed by atoms with van der Waals surface area (Å²) >= 11 is 2.87. The molecule has 0 aliphatic rings. The number of carbonyl (C=O) groups is 7. The van der Waals surface area contributed by atoms with Gasteiger partial charge in [-0.1, -0.05) is 48.5 Å². The first-order chi connectivity index (χ1) is 32.0. The van der Waals surface area contributed by atoms with E-state index in [1.165, 1.54) is 30.4 Å². The van der Waals surface area contributed by atoms with Crippen molar-refractivity contribution >= 4 is 87.7 Å². The number of nitrogens with one attached hydrogen (secondary N) is 7. The molecule has 7 amide bonds. The molecule has 23 heteroatoms. The molecule has 6 atom stereocenters. The van der Waals surface area contributed by atoms with Gasteiger partial charge in [0, 0.05) is 50.0 Å². The number of guanidine groups is 2. The maximum absolute atomic E-state index is 14.5. The van der Waals surface area contributed by atoms with Gasteiger partial charge >= 0.3 is 0 Å². The Morgan fingerprint density at radius 1 is 0.552 bits per heavy atom. The van der Waals surface area contributed by atoms with Crippen LogP contribution in [0.25, 0.3) is 10.9 Å². The molecule has 2 aromatic carbocycles. The number of thioether (sulfide) groups is 2. The largest absolute Gasteiger partial charge is 0.370 e. The van der Waals surface area contributed by atoms with Crippen molar-refractivity contribution in [3.8, 4) is 0 Å². The first-order valence-corrected chi connectivity index (χ1v) is 24.6. The van der Waals surface area contributed by atoms with Crippen LogP contribution < -0.4 is 60.6 Å². The van der Waals surface area contributed by atoms with Crippen molar-refractivity contribution < 1.29 is 33.6 Å². The second-order valence-corrected chi connectivity index (χ2v) is 17.6. The van der Waals surface area contributed by atoms with Crippen LogP contribution in [0.2, 0.25) is 0 Å². The summed E-state index contributed by atoms with van der Waals surface area (Å²) in [6, 6.07) is 9.46. The van der Waals surface area contributed by atoms with Gasteiger partial charge in [-0.05, 0) is 79.7 Å². The van der Waals surface area contributed by atoms with Crippen molar-refractivity contribution in [3.63, 3.8) is 0 Å². The standard InChI is InChI=1S/C44H66N14O7S2/c1-26(59)53-32(16-10-20-51-44(48)49)38(61)57-35(23-27-11-5-4-6-12-27)41(64)55-34(18-22-67-3)40(63)58-36(24-28-25-52-30-14-8-7-13-29(28)30)42(65)56-33(17-21-66-2)39(62)54-31(37(45)60)15-9-19-50-43(46)47/h4-8,11-14,25,31-36,52H,9-10,15-24H2,1-3H3,(H2,45,60)(H,53,59)(H,54,62)(H,55,64)(H,56,65)(H,57,61)(H,58,63)(H4,46,47,50)(H4,48,49,51). The van der Waals surface area contributed by atoms with E-state index < -0.39 is 77.6 Å². The van der Waals surface area contributed by atoms with Crippen molar-refractivity contribution in [2.24, 2.45) is 38.7 Å². The average molecular weight is 967 g/mol. The molecule has 3 aromatic rings. The normalized spacial score (nSPS) is 13.6. The van der Waals surface area contributed by atoms with Gasteiger partial charge < -0.3 is 65.6 Å². The van der Waals surface area contributed by atoms with Gasteiger partial charge in [-0.3, -0.25) is 43.5 Å². The van der Waals surface area contributed by atoms with Crippen molar-refractivity contribution in [1.29, 1.82) is 0 Å². The van der Waals surface area contributed by atoms with Gasteiger partial charge in [0.25, 0.3) is 0 Å². The zero-order valence-corrected chi connectivity index (χ0v) is 39.8. The van der Waals surface area contributed by atoms with Crippen LogP contribution in [0.5, 0.6) is 0 Å². The molecular weight excluding hydrogens is 901 g/mol. The van der Waals surface area contributed by atoms with Crippen molar-refractivity contribution in [2.75, 3.05) is 37.1 Å². The maximum atomic E-state index is 14.5. The number of hydrogen-bond donors (Lipinski definition) is 12. The van der Waals surface area contributed by atoms with Crippen molar-refractivity contribution in [1.82, 2.24) is 36.9 Å². The van der Waals surface area contributed by atoms with Crippen LogP contribution in [0.3, 0.4) is 0 Å². The third-order valence-corrected chi connectivity index (χ3v) is 11.7. The number of primary amides is 1. The van der Waals surface area contributed by atoms with Crippen LogP contribution in [0, 0.1) is 0 Å². The minimum absolute atomic E-state index is 0.0171. The number of nitrogens with zero attached hydrogens (tertiary/aromatic N) is 2. The van der Waals surface area contributed by atoms with Crippen LogP contribution >= 0.6 is 23.5 Å². The Hall–Kier alpha value is -6.49. The van der Waals surface area contributed by atoms with Gasteiger partial charge in [0.15, 0.2) is 11.9 Å². The summed E-state index contributed by atoms with van der Waals surface area (Å²) in [5.41, 5.74) is 29.5. The molecule has 0 saturated carbocycles. The molecule has 17 N–H and O–H groups in total. The summed E-state index contributed by atoms with van der Waals surface area (Å²) in [4.78, 5) is 106. The average Bonchev–Trinajstić information content (AvgIpc) is 3.70. The Bertz CT molecular complexity index is 2170. The van der Waals surface area contributed by atoms with Crippen LogP contribution in [0.1, 0.15) is 56.6 Å². The summed E-state index contributed by atoms with van der Waals surface area (Å²) in [5, 5.41) is 17.3. The Labute approximate surface area is 398 Å². The molecule has 366 valence electrons. The van der Waals surface area contributed by atoms with Crippen molar-refractivity contribution in [2.45, 2.75) is 94.5 Å². The van der Waals surface area contributed by atoms with Crippen LogP contribution in [0.4, 0.5) is 0 Å². The number of aromatic nitrogens is 1. The molecule has 1 aromatic heterocycles. The Balaban J connectivity index is 1.94. The van der Waals surface area contributed by atoms with Gasteiger partial charge in [-0.15, -0.1) is 0 Å². The molecule has 67 heavy (non-hydrogen) atoms. The number of amides is 7. The zero-order valence-electron chi connectivity index (χ0n) is 38.2. The zero-order chi connectivity index (χ0) is 49.3. The molecule has 6 unspecified atom stereocenters. The summed E-state index contributed by atoms with van der Waals surface area (Å²) < 4.78 is 0. The van der Waals surface area contributed by atoms with E-state index in [0.717, 1.165) is 10.9 Å². The predicted molar refractivity (Wildman–Crippen MR) is 264 cm³/mol. The number of hydrogen-bond acceptors (Lipinski definition) is 11. The van der Waals surface area contributed by atoms with Crippen molar-refractivity contribution in [3.05, 3.63) is 71.9 Å². The van der Waals surface area contributed by atoms with Gasteiger partial charge in [-0.2, -0.15) is 23.5 Å². The topological polar surface area (TPSA) is 362 Å². The molecule has 0 saturated heterocycles. The van der Waals surface area contributed by atoms with Gasteiger partial charge in [0.05, 0.1) is 0 Å². The third kappa shape index (κ3) is 19.9. The first-order valence-electron chi connectivity index (χ1n) is 21.8. The highest BCUT2D eigenvalue weighted by atomic mass is 32.2. The van der Waals surface area contributed by atoms with E-state index in [0.29, 0.717) is 35.5 Å². The lowest BCUT2D eigenvalue weighted by Gasteiger charge is -2.27. The van der Waals surface area contributed by atoms with Gasteiger partial charge in [-0.25, -0.2) is 0 Å². The van der Waals surface area contributed by atoms with Crippen LogP contribution in [0.15, 0.2) is 70.8 Å². The summed E-state index contributed by atoms with van der Waals surface area (Å²) in [7, 11) is 0. The van der Waals surface area contributed by atoms with E-state index in [1.807, 2.05) is 36.8 Å². The maximum Gasteiger partial charge on any atom is 0.243 e. The number of para-hydroxylation sites is 1. The van der Waals surface area contributed by atoms with E-state index in [4.69, 9.17) is 28.7 Å². The van der Waals surface area contributed by atoms with Gasteiger partial charge in [0.2, 0.25) is 41.4 Å². The lowest BCUT2D eigenvalue weighted by Crippen LogP contribution is -2.60. The molecule has 21 nitrogen and oxygen atoms in total. The van der Waals surface area contributed by atoms with Crippen LogP contribution in [-0.4, -0.2) is 132 Å². The minimum atomic E-state index is -1.27. The molecule has 0 fully saturated rings. The fourth-order valence-corrected chi connectivity index (χ4v) is 7.91. The van der Waals surface area contributed by atoms with Crippen LogP contribution in [-0.2, 0) is 46.4 Å². The number of aromatic amines is 1. The monoisotopic (exact) mass is 966 g/mol. The number of aliphatic imine (C=N–C) groups is 2.